The Morgan fingerprint density at radius 1 is 0.955 bits per heavy atom. The van der Waals surface area contributed by atoms with Crippen LogP contribution in [0.5, 0.6) is 0 Å². The highest BCUT2D eigenvalue weighted by molar-refractivity contribution is 5.95. The first-order valence-electron chi connectivity index (χ1n) is 6.80. The van der Waals surface area contributed by atoms with Crippen LogP contribution in [-0.2, 0) is 0 Å². The fourth-order valence-corrected chi connectivity index (χ4v) is 2.15. The molecule has 0 radical (unpaired) electrons. The molecular weight excluding hydrogens is 279 g/mol. The molecule has 0 atom stereocenters. The molecule has 0 unspecified atom stereocenters. The fraction of sp³-hybridized carbons (Fsp3) is 0. The molecule has 3 aromatic rings. The summed E-state index contributed by atoms with van der Waals surface area (Å²) in [4.78, 5) is 11.8. The maximum atomic E-state index is 13.0. The number of fused-ring (bicyclic) bond motifs is 1. The van der Waals surface area contributed by atoms with Crippen molar-refractivity contribution in [2.24, 2.45) is 5.10 Å². The summed E-state index contributed by atoms with van der Waals surface area (Å²) in [6.07, 6.45) is 1.56. The molecule has 0 heterocycles. The van der Waals surface area contributed by atoms with Gasteiger partial charge in [0.15, 0.2) is 0 Å². The average Bonchev–Trinajstić information content (AvgIpc) is 2.54. The van der Waals surface area contributed by atoms with Gasteiger partial charge in [-0.1, -0.05) is 42.5 Å². The number of hydrogen-bond acceptors (Lipinski definition) is 2. The van der Waals surface area contributed by atoms with E-state index in [1.165, 1.54) is 24.3 Å². The molecule has 0 aliphatic carbocycles. The number of nitrogens with zero attached hydrogens (tertiary/aromatic N) is 1. The maximum Gasteiger partial charge on any atom is 0.271 e. The Labute approximate surface area is 127 Å². The topological polar surface area (TPSA) is 41.5 Å². The van der Waals surface area contributed by atoms with Crippen molar-refractivity contribution in [2.75, 3.05) is 0 Å². The Bertz CT molecular complexity index is 858. The molecule has 3 aromatic carbocycles. The van der Waals surface area contributed by atoms with Gasteiger partial charge in [-0.25, -0.2) is 9.82 Å². The van der Waals surface area contributed by atoms with Crippen molar-refractivity contribution in [2.45, 2.75) is 0 Å². The van der Waals surface area contributed by atoms with E-state index in [1.54, 1.807) is 6.21 Å². The lowest BCUT2D eigenvalue weighted by Crippen LogP contribution is -2.17. The Morgan fingerprint density at radius 3 is 2.59 bits per heavy atom. The normalized spacial score (nSPS) is 11.0. The third-order valence-electron chi connectivity index (χ3n) is 3.24. The lowest BCUT2D eigenvalue weighted by molar-refractivity contribution is 0.0954. The van der Waals surface area contributed by atoms with Gasteiger partial charge in [-0.2, -0.15) is 5.10 Å². The number of amides is 1. The molecule has 22 heavy (non-hydrogen) atoms. The number of benzene rings is 3. The van der Waals surface area contributed by atoms with Crippen LogP contribution in [0.2, 0.25) is 0 Å². The van der Waals surface area contributed by atoms with E-state index in [1.807, 2.05) is 42.5 Å². The number of hydrogen-bond donors (Lipinski definition) is 1. The second kappa shape index (κ2) is 6.18. The molecule has 3 nitrogen and oxygen atoms in total. The van der Waals surface area contributed by atoms with E-state index >= 15 is 0 Å². The number of carbonyl (C=O) groups excluding carboxylic acids is 1. The van der Waals surface area contributed by atoms with Crippen LogP contribution in [0.25, 0.3) is 10.8 Å². The van der Waals surface area contributed by atoms with Crippen molar-refractivity contribution in [1.29, 1.82) is 0 Å². The lowest BCUT2D eigenvalue weighted by atomic mass is 10.1. The third kappa shape index (κ3) is 3.17. The van der Waals surface area contributed by atoms with Crippen molar-refractivity contribution in [3.8, 4) is 0 Å². The minimum atomic E-state index is -0.453. The molecule has 108 valence electrons. The SMILES string of the molecule is O=C(NN=Cc1ccc2ccccc2c1)c1cccc(F)c1. The van der Waals surface area contributed by atoms with Gasteiger partial charge in [-0.15, -0.1) is 0 Å². The second-order valence-corrected chi connectivity index (χ2v) is 4.82. The van der Waals surface area contributed by atoms with E-state index in [4.69, 9.17) is 0 Å². The van der Waals surface area contributed by atoms with Crippen molar-refractivity contribution in [3.63, 3.8) is 0 Å². The molecule has 1 N–H and O–H groups in total. The van der Waals surface area contributed by atoms with Gasteiger partial charge in [0.05, 0.1) is 6.21 Å². The van der Waals surface area contributed by atoms with Gasteiger partial charge in [0.2, 0.25) is 0 Å². The number of halogens is 1. The smallest absolute Gasteiger partial charge is 0.267 e. The van der Waals surface area contributed by atoms with E-state index in [0.29, 0.717) is 0 Å². The molecule has 1 amide bonds. The van der Waals surface area contributed by atoms with Crippen LogP contribution in [0.4, 0.5) is 4.39 Å². The Hall–Kier alpha value is -3.01. The second-order valence-electron chi connectivity index (χ2n) is 4.82. The molecule has 4 heteroatoms. The predicted molar refractivity (Wildman–Crippen MR) is 85.4 cm³/mol. The monoisotopic (exact) mass is 292 g/mol. The molecule has 0 saturated heterocycles. The van der Waals surface area contributed by atoms with E-state index in [2.05, 4.69) is 10.5 Å². The average molecular weight is 292 g/mol. The van der Waals surface area contributed by atoms with Gasteiger partial charge in [-0.05, 0) is 40.6 Å². The maximum absolute atomic E-state index is 13.0. The Balaban J connectivity index is 1.72. The van der Waals surface area contributed by atoms with E-state index in [-0.39, 0.29) is 5.56 Å². The van der Waals surface area contributed by atoms with Crippen LogP contribution >= 0.6 is 0 Å². The number of carbonyl (C=O) groups is 1. The lowest BCUT2D eigenvalue weighted by Gasteiger charge is -2.01. The van der Waals surface area contributed by atoms with Gasteiger partial charge >= 0.3 is 0 Å². The van der Waals surface area contributed by atoms with Gasteiger partial charge < -0.3 is 0 Å². The van der Waals surface area contributed by atoms with Crippen LogP contribution in [0.15, 0.2) is 71.8 Å². The van der Waals surface area contributed by atoms with Crippen molar-refractivity contribution >= 4 is 22.9 Å². The Morgan fingerprint density at radius 2 is 1.77 bits per heavy atom. The largest absolute Gasteiger partial charge is 0.271 e. The summed E-state index contributed by atoms with van der Waals surface area (Å²) in [5.41, 5.74) is 3.49. The molecule has 0 bridgehead atoms. The molecule has 0 saturated carbocycles. The first-order chi connectivity index (χ1) is 10.7. The fourth-order valence-electron chi connectivity index (χ4n) is 2.15. The highest BCUT2D eigenvalue weighted by Gasteiger charge is 2.04. The first-order valence-corrected chi connectivity index (χ1v) is 6.80. The number of rotatable bonds is 3. The van der Waals surface area contributed by atoms with Crippen molar-refractivity contribution in [1.82, 2.24) is 5.43 Å². The molecule has 0 aliphatic rings. The summed E-state index contributed by atoms with van der Waals surface area (Å²) in [6.45, 7) is 0. The highest BCUT2D eigenvalue weighted by atomic mass is 19.1. The molecule has 0 aromatic heterocycles. The van der Waals surface area contributed by atoms with Crippen LogP contribution in [0.3, 0.4) is 0 Å². The van der Waals surface area contributed by atoms with Crippen LogP contribution in [-0.4, -0.2) is 12.1 Å². The summed E-state index contributed by atoms with van der Waals surface area (Å²) in [5, 5.41) is 6.15. The summed E-state index contributed by atoms with van der Waals surface area (Å²) < 4.78 is 13.0. The Kier molecular flexibility index (Phi) is 3.92. The summed E-state index contributed by atoms with van der Waals surface area (Å²) in [6, 6.07) is 19.3. The van der Waals surface area contributed by atoms with Crippen LogP contribution < -0.4 is 5.43 Å². The standard InChI is InChI=1S/C18H13FN2O/c19-17-7-3-6-16(11-17)18(22)21-20-12-13-8-9-14-4-1-2-5-15(14)10-13/h1-12H,(H,21,22). The molecule has 3 rings (SSSR count). The highest BCUT2D eigenvalue weighted by Crippen LogP contribution is 2.14. The minimum absolute atomic E-state index is 0.232. The first kappa shape index (κ1) is 13.9. The van der Waals surface area contributed by atoms with Crippen molar-refractivity contribution in [3.05, 3.63) is 83.7 Å². The third-order valence-corrected chi connectivity index (χ3v) is 3.24. The van der Waals surface area contributed by atoms with Crippen LogP contribution in [0.1, 0.15) is 15.9 Å². The van der Waals surface area contributed by atoms with Gasteiger partial charge in [0.1, 0.15) is 5.82 Å². The number of hydrazone groups is 1. The van der Waals surface area contributed by atoms with Gasteiger partial charge in [0.25, 0.3) is 5.91 Å². The van der Waals surface area contributed by atoms with E-state index < -0.39 is 11.7 Å². The van der Waals surface area contributed by atoms with Gasteiger partial charge in [0, 0.05) is 5.56 Å². The van der Waals surface area contributed by atoms with E-state index in [0.717, 1.165) is 16.3 Å². The van der Waals surface area contributed by atoms with E-state index in [9.17, 15) is 9.18 Å². The number of nitrogens with one attached hydrogen (secondary N) is 1. The summed E-state index contributed by atoms with van der Waals surface area (Å²) in [7, 11) is 0. The molecule has 0 spiro atoms. The zero-order valence-corrected chi connectivity index (χ0v) is 11.7. The summed E-state index contributed by atoms with van der Waals surface area (Å²) in [5.74, 6) is -0.900. The zero-order valence-electron chi connectivity index (χ0n) is 11.7. The predicted octanol–water partition coefficient (Wildman–Crippen LogP) is 3.74. The van der Waals surface area contributed by atoms with Gasteiger partial charge in [-0.3, -0.25) is 4.79 Å². The molecular formula is C18H13FN2O. The minimum Gasteiger partial charge on any atom is -0.267 e. The summed E-state index contributed by atoms with van der Waals surface area (Å²) >= 11 is 0. The molecule has 0 fully saturated rings. The van der Waals surface area contributed by atoms with Crippen molar-refractivity contribution < 1.29 is 9.18 Å². The van der Waals surface area contributed by atoms with Crippen LogP contribution in [0, 0.1) is 5.82 Å². The zero-order chi connectivity index (χ0) is 15.4. The molecule has 0 aliphatic heterocycles. The quantitative estimate of drug-likeness (QED) is 0.580.